The number of benzene rings is 5. The highest BCUT2D eigenvalue weighted by atomic mass is 31.1. The van der Waals surface area contributed by atoms with E-state index in [1.54, 1.807) is 0 Å². The van der Waals surface area contributed by atoms with Crippen LogP contribution in [0.4, 0.5) is 0 Å². The molecule has 0 bridgehead atoms. The Morgan fingerprint density at radius 2 is 1.06 bits per heavy atom. The standard InChI is InChI=1S/C34H35P/c1-33(2,3)25-20-26(34(4,5)6)22-27(21-25)35-31-19-18-24-13-8-10-16-29(24)32(31)30-17-11-14-23-12-7-9-15-28(23)30/h7-22,35H,1-6H3. The fourth-order valence-corrected chi connectivity index (χ4v) is 6.16. The lowest BCUT2D eigenvalue weighted by Gasteiger charge is -2.26. The van der Waals surface area contributed by atoms with Crippen molar-refractivity contribution in [2.24, 2.45) is 0 Å². The van der Waals surface area contributed by atoms with Gasteiger partial charge in [-0.15, -0.1) is 0 Å². The fraction of sp³-hybridized carbons (Fsp3) is 0.235. The van der Waals surface area contributed by atoms with Crippen LogP contribution in [-0.4, -0.2) is 0 Å². The first-order chi connectivity index (χ1) is 16.6. The third kappa shape index (κ3) is 4.78. The van der Waals surface area contributed by atoms with E-state index >= 15 is 0 Å². The molecular weight excluding hydrogens is 439 g/mol. The molecule has 0 radical (unpaired) electrons. The molecule has 1 heteroatoms. The summed E-state index contributed by atoms with van der Waals surface area (Å²) in [5.41, 5.74) is 5.76. The largest absolute Gasteiger partial charge is 0.0616 e. The first-order valence-electron chi connectivity index (χ1n) is 12.5. The lowest BCUT2D eigenvalue weighted by atomic mass is 9.81. The fourth-order valence-electron chi connectivity index (χ4n) is 4.83. The van der Waals surface area contributed by atoms with Crippen molar-refractivity contribution in [1.82, 2.24) is 0 Å². The van der Waals surface area contributed by atoms with Gasteiger partial charge >= 0.3 is 0 Å². The van der Waals surface area contributed by atoms with Crippen LogP contribution in [0.15, 0.2) is 97.1 Å². The van der Waals surface area contributed by atoms with Gasteiger partial charge in [0.05, 0.1) is 0 Å². The minimum Gasteiger partial charge on any atom is -0.0616 e. The van der Waals surface area contributed by atoms with Gasteiger partial charge in [-0.3, -0.25) is 0 Å². The van der Waals surface area contributed by atoms with Crippen LogP contribution in [-0.2, 0) is 10.8 Å². The predicted molar refractivity (Wildman–Crippen MR) is 158 cm³/mol. The van der Waals surface area contributed by atoms with Gasteiger partial charge in [0.1, 0.15) is 0 Å². The van der Waals surface area contributed by atoms with E-state index in [1.807, 2.05) is 0 Å². The Bertz CT molecular complexity index is 1490. The maximum Gasteiger partial charge on any atom is -0.00215 e. The van der Waals surface area contributed by atoms with Crippen LogP contribution in [0.25, 0.3) is 32.7 Å². The summed E-state index contributed by atoms with van der Waals surface area (Å²) in [6.45, 7) is 13.9. The molecule has 0 nitrogen and oxygen atoms in total. The molecule has 35 heavy (non-hydrogen) atoms. The van der Waals surface area contributed by atoms with E-state index in [2.05, 4.69) is 139 Å². The third-order valence-corrected chi connectivity index (χ3v) is 8.20. The van der Waals surface area contributed by atoms with Crippen LogP contribution in [0.1, 0.15) is 52.7 Å². The van der Waals surface area contributed by atoms with Gasteiger partial charge in [0.25, 0.3) is 0 Å². The summed E-state index contributed by atoms with van der Waals surface area (Å²) in [6.07, 6.45) is 0. The molecule has 5 aromatic carbocycles. The van der Waals surface area contributed by atoms with Crippen molar-refractivity contribution in [3.63, 3.8) is 0 Å². The van der Waals surface area contributed by atoms with E-state index in [0.717, 1.165) is 0 Å². The van der Waals surface area contributed by atoms with E-state index < -0.39 is 0 Å². The first-order valence-corrected chi connectivity index (χ1v) is 13.5. The van der Waals surface area contributed by atoms with Crippen molar-refractivity contribution in [2.45, 2.75) is 52.4 Å². The summed E-state index contributed by atoms with van der Waals surface area (Å²) in [6, 6.07) is 36.2. The molecule has 0 aromatic heterocycles. The lowest BCUT2D eigenvalue weighted by molar-refractivity contribution is 0.569. The second-order valence-corrected chi connectivity index (χ2v) is 13.0. The molecule has 0 amide bonds. The second-order valence-electron chi connectivity index (χ2n) is 11.7. The van der Waals surface area contributed by atoms with Crippen molar-refractivity contribution in [1.29, 1.82) is 0 Å². The normalized spacial score (nSPS) is 12.7. The summed E-state index contributed by atoms with van der Waals surface area (Å²) in [7, 11) is 0.586. The highest BCUT2D eigenvalue weighted by molar-refractivity contribution is 7.56. The highest BCUT2D eigenvalue weighted by Gasteiger charge is 2.21. The van der Waals surface area contributed by atoms with Gasteiger partial charge in [-0.05, 0) is 65.2 Å². The molecule has 5 rings (SSSR count). The molecule has 0 saturated carbocycles. The number of hydrogen-bond acceptors (Lipinski definition) is 0. The molecule has 0 saturated heterocycles. The summed E-state index contributed by atoms with van der Waals surface area (Å²) < 4.78 is 0. The van der Waals surface area contributed by atoms with Crippen molar-refractivity contribution < 1.29 is 0 Å². The summed E-state index contributed by atoms with van der Waals surface area (Å²) in [5.74, 6) is 0. The minimum absolute atomic E-state index is 0.113. The number of rotatable bonds is 3. The molecular formula is C34H35P. The van der Waals surface area contributed by atoms with E-state index in [-0.39, 0.29) is 10.8 Å². The second kappa shape index (κ2) is 8.92. The zero-order valence-electron chi connectivity index (χ0n) is 21.7. The summed E-state index contributed by atoms with van der Waals surface area (Å²) in [5, 5.41) is 8.05. The number of hydrogen-bond donors (Lipinski definition) is 0. The SMILES string of the molecule is CC(C)(C)c1cc(Pc2ccc3ccccc3c2-c2cccc3ccccc23)cc(C(C)(C)C)c1. The third-order valence-electron chi connectivity index (χ3n) is 6.93. The van der Waals surface area contributed by atoms with Crippen LogP contribution in [0.5, 0.6) is 0 Å². The van der Waals surface area contributed by atoms with Crippen molar-refractivity contribution >= 4 is 40.7 Å². The molecule has 1 atom stereocenters. The van der Waals surface area contributed by atoms with Crippen LogP contribution >= 0.6 is 8.58 Å². The topological polar surface area (TPSA) is 0 Å². The smallest absolute Gasteiger partial charge is 0.00215 e. The summed E-state index contributed by atoms with van der Waals surface area (Å²) >= 11 is 0. The average molecular weight is 475 g/mol. The van der Waals surface area contributed by atoms with Crippen molar-refractivity contribution in [3.05, 3.63) is 108 Å². The Kier molecular flexibility index (Phi) is 6.06. The maximum atomic E-state index is 2.44. The molecule has 0 aliphatic rings. The van der Waals surface area contributed by atoms with E-state index in [9.17, 15) is 0 Å². The van der Waals surface area contributed by atoms with Crippen LogP contribution in [0.2, 0.25) is 0 Å². The van der Waals surface area contributed by atoms with Gasteiger partial charge in [0.15, 0.2) is 0 Å². The molecule has 0 N–H and O–H groups in total. The van der Waals surface area contributed by atoms with Gasteiger partial charge in [-0.1, -0.05) is 147 Å². The summed E-state index contributed by atoms with van der Waals surface area (Å²) in [4.78, 5) is 0. The molecule has 0 aliphatic carbocycles. The maximum absolute atomic E-state index is 2.44. The molecule has 0 aliphatic heterocycles. The Hall–Kier alpha value is -2.95. The predicted octanol–water partition coefficient (Wildman–Crippen LogP) is 8.88. The average Bonchev–Trinajstić information content (AvgIpc) is 2.82. The molecule has 0 heterocycles. The highest BCUT2D eigenvalue weighted by Crippen LogP contribution is 2.36. The first kappa shape index (κ1) is 23.8. The van der Waals surface area contributed by atoms with Crippen LogP contribution < -0.4 is 10.6 Å². The van der Waals surface area contributed by atoms with Gasteiger partial charge < -0.3 is 0 Å². The quantitative estimate of drug-likeness (QED) is 0.229. The lowest BCUT2D eigenvalue weighted by Crippen LogP contribution is -2.20. The Morgan fingerprint density at radius 1 is 0.514 bits per heavy atom. The Labute approximate surface area is 212 Å². The molecule has 5 aromatic rings. The van der Waals surface area contributed by atoms with Crippen LogP contribution in [0, 0.1) is 0 Å². The molecule has 176 valence electrons. The minimum atomic E-state index is 0.113. The molecule has 1 unspecified atom stereocenters. The number of fused-ring (bicyclic) bond motifs is 2. The monoisotopic (exact) mass is 474 g/mol. The Morgan fingerprint density at radius 3 is 1.69 bits per heavy atom. The van der Waals surface area contributed by atoms with Crippen molar-refractivity contribution in [3.8, 4) is 11.1 Å². The Balaban J connectivity index is 1.75. The van der Waals surface area contributed by atoms with Gasteiger partial charge in [0.2, 0.25) is 0 Å². The zero-order valence-corrected chi connectivity index (χ0v) is 22.7. The van der Waals surface area contributed by atoms with Crippen molar-refractivity contribution in [2.75, 3.05) is 0 Å². The zero-order chi connectivity index (χ0) is 24.8. The van der Waals surface area contributed by atoms with E-state index in [4.69, 9.17) is 0 Å². The van der Waals surface area contributed by atoms with E-state index in [0.29, 0.717) is 8.58 Å². The van der Waals surface area contributed by atoms with Gasteiger partial charge in [-0.2, -0.15) is 0 Å². The van der Waals surface area contributed by atoms with E-state index in [1.165, 1.54) is 54.4 Å². The molecule has 0 spiro atoms. The van der Waals surface area contributed by atoms with Crippen LogP contribution in [0.3, 0.4) is 0 Å². The van der Waals surface area contributed by atoms with Gasteiger partial charge in [0, 0.05) is 0 Å². The van der Waals surface area contributed by atoms with Gasteiger partial charge in [-0.25, -0.2) is 0 Å². The molecule has 0 fully saturated rings.